The lowest BCUT2D eigenvalue weighted by atomic mass is 9.80. The summed E-state index contributed by atoms with van der Waals surface area (Å²) in [6, 6.07) is 24.7. The third-order valence-electron chi connectivity index (χ3n) is 9.28. The molecule has 14 nitrogen and oxygen atoms in total. The first kappa shape index (κ1) is 37.8. The predicted molar refractivity (Wildman–Crippen MR) is 194 cm³/mol. The number of esters is 2. The number of ether oxygens (including phenoxy) is 6. The van der Waals surface area contributed by atoms with Crippen LogP contribution in [0.4, 0.5) is 0 Å². The fourth-order valence-corrected chi connectivity index (χ4v) is 6.50. The summed E-state index contributed by atoms with van der Waals surface area (Å²) in [5, 5.41) is 0. The van der Waals surface area contributed by atoms with Gasteiger partial charge < -0.3 is 28.4 Å². The van der Waals surface area contributed by atoms with E-state index in [1.54, 1.807) is 21.1 Å². The van der Waals surface area contributed by atoms with Crippen LogP contribution in [0.2, 0.25) is 0 Å². The van der Waals surface area contributed by atoms with E-state index >= 15 is 0 Å². The molecule has 0 bridgehead atoms. The number of nitrogens with zero attached hydrogens (tertiary/aromatic N) is 3. The van der Waals surface area contributed by atoms with Crippen molar-refractivity contribution in [1.82, 2.24) is 14.1 Å². The van der Waals surface area contributed by atoms with E-state index in [4.69, 9.17) is 28.4 Å². The average Bonchev–Trinajstić information content (AvgIpc) is 3.78. The van der Waals surface area contributed by atoms with E-state index in [2.05, 4.69) is 4.98 Å². The lowest BCUT2D eigenvalue weighted by Crippen LogP contribution is -2.39. The standard InChI is InChI=1S/C40H42N4O10/c1-27-24-44(39(48)41-38(27)47)35-22-33(54-37(46)23-36(45)51-21-20-43-19-18-42(2)26-43)34(53-35)25-52-40(28-8-6-5-7-9-28,29-10-14-31(49-3)15-11-29)30-12-16-32(50-4)17-13-30/h5-19,24,26,33-35H,20-23,25H2,1-4H3/p+1/t33-,34+,35+/m0/s1. The Bertz CT molecular complexity index is 2110. The van der Waals surface area contributed by atoms with Gasteiger partial charge >= 0.3 is 17.6 Å². The van der Waals surface area contributed by atoms with Gasteiger partial charge in [0, 0.05) is 18.2 Å². The van der Waals surface area contributed by atoms with E-state index in [1.807, 2.05) is 114 Å². The molecule has 1 N–H and O–H groups in total. The van der Waals surface area contributed by atoms with Crippen molar-refractivity contribution >= 4 is 11.9 Å². The van der Waals surface area contributed by atoms with Crippen LogP contribution in [0.25, 0.3) is 0 Å². The van der Waals surface area contributed by atoms with Crippen molar-refractivity contribution in [3.63, 3.8) is 0 Å². The molecule has 1 saturated heterocycles. The molecule has 282 valence electrons. The number of hydrogen-bond donors (Lipinski definition) is 1. The maximum atomic E-state index is 13.2. The molecule has 0 aliphatic carbocycles. The predicted octanol–water partition coefficient (Wildman–Crippen LogP) is 3.33. The van der Waals surface area contributed by atoms with E-state index in [9.17, 15) is 19.2 Å². The molecular weight excluding hydrogens is 696 g/mol. The van der Waals surface area contributed by atoms with Crippen LogP contribution in [-0.2, 0) is 47.7 Å². The van der Waals surface area contributed by atoms with E-state index in [1.165, 1.54) is 10.8 Å². The molecule has 3 heterocycles. The monoisotopic (exact) mass is 739 g/mol. The molecular formula is C40H43N4O10+. The van der Waals surface area contributed by atoms with Gasteiger partial charge in [-0.25, -0.2) is 13.9 Å². The van der Waals surface area contributed by atoms with Crippen molar-refractivity contribution in [2.45, 2.75) is 50.3 Å². The number of carbonyl (C=O) groups is 2. The Balaban J connectivity index is 1.30. The van der Waals surface area contributed by atoms with Crippen molar-refractivity contribution in [3.8, 4) is 11.5 Å². The molecule has 0 unspecified atom stereocenters. The summed E-state index contributed by atoms with van der Waals surface area (Å²) in [6.07, 6.45) is 3.55. The fraction of sp³-hybridized carbons (Fsp3) is 0.325. The van der Waals surface area contributed by atoms with Gasteiger partial charge in [-0.2, -0.15) is 0 Å². The number of methoxy groups -OCH3 is 2. The van der Waals surface area contributed by atoms with Crippen molar-refractivity contribution in [2.24, 2.45) is 7.05 Å². The van der Waals surface area contributed by atoms with Gasteiger partial charge in [-0.15, -0.1) is 0 Å². The zero-order valence-electron chi connectivity index (χ0n) is 30.5. The Morgan fingerprint density at radius 3 is 2.13 bits per heavy atom. The minimum Gasteiger partial charge on any atom is -0.497 e. The molecule has 0 spiro atoms. The van der Waals surface area contributed by atoms with Gasteiger partial charge in [-0.05, 0) is 47.9 Å². The number of imidazole rings is 1. The number of hydrogen-bond acceptors (Lipinski definition) is 10. The Kier molecular flexibility index (Phi) is 11.7. The lowest BCUT2D eigenvalue weighted by Gasteiger charge is -2.37. The summed E-state index contributed by atoms with van der Waals surface area (Å²) < 4.78 is 40.5. The average molecular weight is 740 g/mol. The van der Waals surface area contributed by atoms with Gasteiger partial charge in [-0.3, -0.25) is 23.9 Å². The number of aryl methyl sites for hydroxylation is 2. The summed E-state index contributed by atoms with van der Waals surface area (Å²) in [5.41, 5.74) is 0.211. The Morgan fingerprint density at radius 2 is 1.54 bits per heavy atom. The minimum absolute atomic E-state index is 0.0360. The van der Waals surface area contributed by atoms with Crippen LogP contribution in [0.15, 0.2) is 113 Å². The van der Waals surface area contributed by atoms with Crippen LogP contribution in [0, 0.1) is 6.92 Å². The molecule has 54 heavy (non-hydrogen) atoms. The largest absolute Gasteiger partial charge is 0.497 e. The summed E-state index contributed by atoms with van der Waals surface area (Å²) in [5.74, 6) is -0.252. The minimum atomic E-state index is -1.22. The Hall–Kier alpha value is -5.99. The highest BCUT2D eigenvalue weighted by Crippen LogP contribution is 2.43. The third-order valence-corrected chi connectivity index (χ3v) is 9.28. The number of aromatic amines is 1. The highest BCUT2D eigenvalue weighted by molar-refractivity contribution is 5.91. The zero-order chi connectivity index (χ0) is 38.2. The van der Waals surface area contributed by atoms with Crippen LogP contribution in [0.3, 0.4) is 0 Å². The summed E-state index contributed by atoms with van der Waals surface area (Å²) in [6.45, 7) is 1.93. The summed E-state index contributed by atoms with van der Waals surface area (Å²) in [4.78, 5) is 53.3. The first-order valence-electron chi connectivity index (χ1n) is 17.4. The maximum Gasteiger partial charge on any atom is 0.330 e. The zero-order valence-corrected chi connectivity index (χ0v) is 30.5. The molecule has 5 aromatic rings. The number of carbonyl (C=O) groups excluding carboxylic acids is 2. The van der Waals surface area contributed by atoms with E-state index in [0.717, 1.165) is 16.7 Å². The van der Waals surface area contributed by atoms with E-state index in [0.29, 0.717) is 23.6 Å². The number of aromatic nitrogens is 4. The molecule has 3 atom stereocenters. The van der Waals surface area contributed by atoms with Crippen molar-refractivity contribution < 1.29 is 42.6 Å². The first-order valence-corrected chi connectivity index (χ1v) is 17.4. The van der Waals surface area contributed by atoms with Crippen LogP contribution in [0.5, 0.6) is 11.5 Å². The first-order chi connectivity index (χ1) is 26.1. The van der Waals surface area contributed by atoms with Gasteiger partial charge in [-0.1, -0.05) is 54.6 Å². The molecule has 1 aliphatic rings. The Labute approximate surface area is 311 Å². The SMILES string of the molecule is COc1ccc(C(OC[C@H]2O[C@@H](n3cc(C)c(=O)[nH]c3=O)C[C@@H]2OC(=O)CC(=O)OCCn2cc[n+](C)c2)(c2ccccc2)c2ccc(OC)cc2)cc1. The molecule has 1 aliphatic heterocycles. The highest BCUT2D eigenvalue weighted by atomic mass is 16.6. The van der Waals surface area contributed by atoms with Crippen LogP contribution in [-0.4, -0.2) is 65.7 Å². The molecule has 6 rings (SSSR count). The van der Waals surface area contributed by atoms with Crippen LogP contribution in [0.1, 0.15) is 41.3 Å². The van der Waals surface area contributed by atoms with E-state index < -0.39 is 53.6 Å². The number of rotatable bonds is 15. The molecule has 0 radical (unpaired) electrons. The van der Waals surface area contributed by atoms with Gasteiger partial charge in [0.15, 0.2) is 0 Å². The number of H-pyrrole nitrogens is 1. The van der Waals surface area contributed by atoms with E-state index in [-0.39, 0.29) is 19.6 Å². The highest BCUT2D eigenvalue weighted by Gasteiger charge is 2.44. The molecule has 1 fully saturated rings. The van der Waals surface area contributed by atoms with Crippen molar-refractivity contribution in [1.29, 1.82) is 0 Å². The fourth-order valence-electron chi connectivity index (χ4n) is 6.50. The van der Waals surface area contributed by atoms with Crippen molar-refractivity contribution in [3.05, 3.63) is 147 Å². The van der Waals surface area contributed by atoms with Gasteiger partial charge in [0.2, 0.25) is 6.33 Å². The van der Waals surface area contributed by atoms with Gasteiger partial charge in [0.25, 0.3) is 5.56 Å². The Morgan fingerprint density at radius 1 is 0.907 bits per heavy atom. The molecule has 3 aromatic carbocycles. The molecule has 2 aromatic heterocycles. The smallest absolute Gasteiger partial charge is 0.330 e. The summed E-state index contributed by atoms with van der Waals surface area (Å²) in [7, 11) is 5.06. The number of nitrogens with one attached hydrogen (secondary N) is 1. The quantitative estimate of drug-likeness (QED) is 0.0733. The second kappa shape index (κ2) is 16.8. The topological polar surface area (TPSA) is 153 Å². The molecule has 0 amide bonds. The second-order valence-corrected chi connectivity index (χ2v) is 12.9. The molecule has 14 heteroatoms. The molecule has 0 saturated carbocycles. The van der Waals surface area contributed by atoms with Crippen LogP contribution < -0.4 is 25.3 Å². The normalized spacial score (nSPS) is 16.9. The second-order valence-electron chi connectivity index (χ2n) is 12.9. The lowest BCUT2D eigenvalue weighted by molar-refractivity contribution is -0.671. The van der Waals surface area contributed by atoms with Crippen LogP contribution >= 0.6 is 0 Å². The maximum absolute atomic E-state index is 13.2. The number of benzene rings is 3. The van der Waals surface area contributed by atoms with Gasteiger partial charge in [0.05, 0.1) is 27.9 Å². The van der Waals surface area contributed by atoms with Gasteiger partial charge in [0.1, 0.15) is 67.5 Å². The summed E-state index contributed by atoms with van der Waals surface area (Å²) >= 11 is 0. The third kappa shape index (κ3) is 8.45. The van der Waals surface area contributed by atoms with Crippen molar-refractivity contribution in [2.75, 3.05) is 27.4 Å².